The number of aliphatic imine (C=N–C) groups is 1. The topological polar surface area (TPSA) is 67.8 Å². The predicted octanol–water partition coefficient (Wildman–Crippen LogP) is 2.25. The lowest BCUT2D eigenvalue weighted by molar-refractivity contribution is -0.120. The average molecular weight is 294 g/mol. The molecule has 1 aromatic rings. The fourth-order valence-electron chi connectivity index (χ4n) is 2.25. The molecule has 2 aliphatic rings. The Bertz CT molecular complexity index is 715. The number of carbonyl (C=O) groups is 2. The van der Waals surface area contributed by atoms with E-state index in [1.54, 1.807) is 18.2 Å². The fraction of sp³-hybridized carbons (Fsp3) is 0.118. The van der Waals surface area contributed by atoms with Crippen LogP contribution in [-0.2, 0) is 14.3 Å². The molecule has 5 heteroatoms. The highest BCUT2D eigenvalue weighted by atomic mass is 16.5. The summed E-state index contributed by atoms with van der Waals surface area (Å²) < 4.78 is 5.52. The Labute approximate surface area is 127 Å². The first-order valence-corrected chi connectivity index (χ1v) is 6.89. The summed E-state index contributed by atoms with van der Waals surface area (Å²) in [4.78, 5) is 27.4. The summed E-state index contributed by atoms with van der Waals surface area (Å²) in [6, 6.07) is 9.12. The zero-order valence-electron chi connectivity index (χ0n) is 11.7. The Balaban J connectivity index is 1.61. The van der Waals surface area contributed by atoms with Gasteiger partial charge in [-0.2, -0.15) is 0 Å². The van der Waals surface area contributed by atoms with Crippen LogP contribution >= 0.6 is 0 Å². The van der Waals surface area contributed by atoms with E-state index in [2.05, 4.69) is 10.3 Å². The van der Waals surface area contributed by atoms with Gasteiger partial charge in [-0.15, -0.1) is 0 Å². The fourth-order valence-corrected chi connectivity index (χ4v) is 2.25. The SMILES string of the molecule is O=C1C=C(OCC(=O)Nc2ccccc2)C2C=CC=CC2=N1. The van der Waals surface area contributed by atoms with Crippen LogP contribution in [0.3, 0.4) is 0 Å². The number of nitrogens with one attached hydrogen (secondary N) is 1. The molecule has 110 valence electrons. The number of para-hydroxylation sites is 1. The molecule has 1 atom stereocenters. The highest BCUT2D eigenvalue weighted by molar-refractivity contribution is 6.11. The molecular formula is C17H14N2O3. The molecule has 1 aliphatic carbocycles. The number of amides is 2. The van der Waals surface area contributed by atoms with Crippen LogP contribution in [0.4, 0.5) is 5.69 Å². The number of hydrogen-bond acceptors (Lipinski definition) is 3. The summed E-state index contributed by atoms with van der Waals surface area (Å²) in [6.07, 6.45) is 8.65. The minimum Gasteiger partial charge on any atom is -0.487 e. The molecular weight excluding hydrogens is 280 g/mol. The highest BCUT2D eigenvalue weighted by Crippen LogP contribution is 2.24. The van der Waals surface area contributed by atoms with E-state index in [1.807, 2.05) is 36.4 Å². The molecule has 5 nitrogen and oxygen atoms in total. The maximum atomic E-state index is 11.9. The van der Waals surface area contributed by atoms with E-state index in [0.717, 1.165) is 0 Å². The van der Waals surface area contributed by atoms with Crippen molar-refractivity contribution < 1.29 is 14.3 Å². The minimum atomic E-state index is -0.371. The number of hydrogen-bond donors (Lipinski definition) is 1. The largest absolute Gasteiger partial charge is 0.487 e. The summed E-state index contributed by atoms with van der Waals surface area (Å²) in [7, 11) is 0. The normalized spacial score (nSPS) is 19.1. The Morgan fingerprint density at radius 2 is 2.05 bits per heavy atom. The number of ether oxygens (including phenoxy) is 1. The molecule has 0 radical (unpaired) electrons. The van der Waals surface area contributed by atoms with Crippen LogP contribution in [-0.4, -0.2) is 24.1 Å². The van der Waals surface area contributed by atoms with Crippen molar-refractivity contribution in [2.75, 3.05) is 11.9 Å². The van der Waals surface area contributed by atoms with Crippen molar-refractivity contribution in [2.45, 2.75) is 0 Å². The summed E-state index contributed by atoms with van der Waals surface area (Å²) >= 11 is 0. The maximum absolute atomic E-state index is 11.9. The van der Waals surface area contributed by atoms with E-state index in [-0.39, 0.29) is 24.3 Å². The molecule has 1 unspecified atom stereocenters. The van der Waals surface area contributed by atoms with Crippen LogP contribution in [0.5, 0.6) is 0 Å². The van der Waals surface area contributed by atoms with Crippen LogP contribution < -0.4 is 5.32 Å². The second-order valence-corrected chi connectivity index (χ2v) is 4.85. The van der Waals surface area contributed by atoms with E-state index in [9.17, 15) is 9.59 Å². The van der Waals surface area contributed by atoms with Gasteiger partial charge in [0.05, 0.1) is 11.6 Å². The number of carbonyl (C=O) groups excluding carboxylic acids is 2. The summed E-state index contributed by atoms with van der Waals surface area (Å²) in [6.45, 7) is -0.157. The molecule has 0 saturated heterocycles. The Kier molecular flexibility index (Phi) is 3.96. The molecule has 1 aliphatic heterocycles. The molecule has 0 saturated carbocycles. The molecule has 0 fully saturated rings. The second kappa shape index (κ2) is 6.22. The third-order valence-electron chi connectivity index (χ3n) is 3.24. The van der Waals surface area contributed by atoms with Crippen molar-refractivity contribution in [1.29, 1.82) is 0 Å². The standard InChI is InChI=1S/C17H14N2O3/c20-16-10-15(13-8-4-5-9-14(13)19-16)22-11-17(21)18-12-6-2-1-3-7-12/h1-10,13H,11H2,(H,18,21). The molecule has 2 amide bonds. The Morgan fingerprint density at radius 1 is 1.23 bits per heavy atom. The number of benzene rings is 1. The first kappa shape index (κ1) is 14.0. The first-order chi connectivity index (χ1) is 10.7. The summed E-state index contributed by atoms with van der Waals surface area (Å²) in [5, 5.41) is 2.73. The van der Waals surface area contributed by atoms with Gasteiger partial charge in [-0.1, -0.05) is 36.4 Å². The molecule has 1 N–H and O–H groups in total. The van der Waals surface area contributed by atoms with Crippen LogP contribution in [0, 0.1) is 5.92 Å². The van der Waals surface area contributed by atoms with Gasteiger partial charge < -0.3 is 10.1 Å². The summed E-state index contributed by atoms with van der Waals surface area (Å²) in [5.74, 6) is -0.408. The number of fused-ring (bicyclic) bond motifs is 1. The monoisotopic (exact) mass is 294 g/mol. The zero-order chi connectivity index (χ0) is 15.4. The molecule has 3 rings (SSSR count). The first-order valence-electron chi connectivity index (χ1n) is 6.89. The van der Waals surface area contributed by atoms with Crippen molar-refractivity contribution in [2.24, 2.45) is 10.9 Å². The van der Waals surface area contributed by atoms with Gasteiger partial charge in [-0.25, -0.2) is 4.99 Å². The van der Waals surface area contributed by atoms with Crippen molar-refractivity contribution in [3.63, 3.8) is 0 Å². The molecule has 0 aromatic heterocycles. The second-order valence-electron chi connectivity index (χ2n) is 4.85. The van der Waals surface area contributed by atoms with Crippen molar-refractivity contribution >= 4 is 23.2 Å². The van der Waals surface area contributed by atoms with Gasteiger partial charge in [0.15, 0.2) is 6.61 Å². The van der Waals surface area contributed by atoms with Crippen LogP contribution in [0.15, 0.2) is 71.5 Å². The number of allylic oxidation sites excluding steroid dienone is 4. The van der Waals surface area contributed by atoms with Gasteiger partial charge in [0.2, 0.25) is 0 Å². The van der Waals surface area contributed by atoms with Gasteiger partial charge >= 0.3 is 0 Å². The summed E-state index contributed by atoms with van der Waals surface area (Å²) in [5.41, 5.74) is 1.33. The van der Waals surface area contributed by atoms with Gasteiger partial charge in [0.1, 0.15) is 5.76 Å². The minimum absolute atomic E-state index is 0.157. The highest BCUT2D eigenvalue weighted by Gasteiger charge is 2.25. The van der Waals surface area contributed by atoms with Gasteiger partial charge in [0.25, 0.3) is 11.8 Å². The van der Waals surface area contributed by atoms with Gasteiger partial charge in [-0.05, 0) is 18.2 Å². The zero-order valence-corrected chi connectivity index (χ0v) is 11.7. The van der Waals surface area contributed by atoms with E-state index in [0.29, 0.717) is 17.2 Å². The maximum Gasteiger partial charge on any atom is 0.273 e. The number of rotatable bonds is 4. The lowest BCUT2D eigenvalue weighted by Crippen LogP contribution is -2.25. The lowest BCUT2D eigenvalue weighted by Gasteiger charge is -2.22. The molecule has 0 bridgehead atoms. The lowest BCUT2D eigenvalue weighted by atomic mass is 9.94. The average Bonchev–Trinajstić information content (AvgIpc) is 2.53. The van der Waals surface area contributed by atoms with E-state index < -0.39 is 0 Å². The third kappa shape index (κ3) is 3.20. The van der Waals surface area contributed by atoms with Crippen molar-refractivity contribution in [3.05, 3.63) is 66.5 Å². The Morgan fingerprint density at radius 3 is 2.86 bits per heavy atom. The third-order valence-corrected chi connectivity index (χ3v) is 3.24. The van der Waals surface area contributed by atoms with Gasteiger partial charge in [-0.3, -0.25) is 9.59 Å². The Hall–Kier alpha value is -2.95. The number of nitrogens with zero attached hydrogens (tertiary/aromatic N) is 1. The van der Waals surface area contributed by atoms with E-state index >= 15 is 0 Å². The predicted molar refractivity (Wildman–Crippen MR) is 83.3 cm³/mol. The van der Waals surface area contributed by atoms with Crippen LogP contribution in [0.25, 0.3) is 0 Å². The smallest absolute Gasteiger partial charge is 0.273 e. The quantitative estimate of drug-likeness (QED) is 0.926. The molecule has 1 aromatic carbocycles. The van der Waals surface area contributed by atoms with Crippen molar-refractivity contribution in [3.8, 4) is 0 Å². The number of dihydropyridines is 1. The molecule has 0 spiro atoms. The van der Waals surface area contributed by atoms with Crippen molar-refractivity contribution in [1.82, 2.24) is 0 Å². The van der Waals surface area contributed by atoms with E-state index in [1.165, 1.54) is 6.08 Å². The van der Waals surface area contributed by atoms with Gasteiger partial charge in [0, 0.05) is 11.8 Å². The molecule has 22 heavy (non-hydrogen) atoms. The number of anilines is 1. The van der Waals surface area contributed by atoms with E-state index in [4.69, 9.17) is 4.74 Å². The van der Waals surface area contributed by atoms with Crippen LogP contribution in [0.1, 0.15) is 0 Å². The molecule has 1 heterocycles. The van der Waals surface area contributed by atoms with Crippen LogP contribution in [0.2, 0.25) is 0 Å².